The minimum absolute atomic E-state index is 0.586. The summed E-state index contributed by atoms with van der Waals surface area (Å²) >= 11 is 1.92. The first-order chi connectivity index (χ1) is 9.24. The lowest BCUT2D eigenvalue weighted by atomic mass is 9.91. The Hall–Kier alpha value is -1.25. The number of fused-ring (bicyclic) bond motifs is 2. The number of nitrogens with zero attached hydrogens (tertiary/aromatic N) is 1. The molecule has 19 heavy (non-hydrogen) atoms. The SMILES string of the molecule is CN(C)CC1Cc2ccccc2Sc2ccccc21. The van der Waals surface area contributed by atoms with Crippen LogP contribution in [0.4, 0.5) is 0 Å². The van der Waals surface area contributed by atoms with Crippen molar-refractivity contribution in [3.63, 3.8) is 0 Å². The molecule has 1 atom stereocenters. The molecule has 0 bridgehead atoms. The van der Waals surface area contributed by atoms with Crippen LogP contribution in [0.2, 0.25) is 0 Å². The van der Waals surface area contributed by atoms with E-state index in [0.29, 0.717) is 5.92 Å². The van der Waals surface area contributed by atoms with Crippen LogP contribution in [0.5, 0.6) is 0 Å². The van der Waals surface area contributed by atoms with E-state index in [0.717, 1.165) is 13.0 Å². The molecule has 2 aromatic rings. The molecule has 1 unspecified atom stereocenters. The zero-order valence-corrected chi connectivity index (χ0v) is 12.3. The van der Waals surface area contributed by atoms with Gasteiger partial charge < -0.3 is 4.90 Å². The highest BCUT2D eigenvalue weighted by molar-refractivity contribution is 7.99. The third-order valence-electron chi connectivity index (χ3n) is 3.60. The molecule has 0 amide bonds. The molecule has 1 nitrogen and oxygen atoms in total. The fourth-order valence-corrected chi connectivity index (χ4v) is 3.95. The van der Waals surface area contributed by atoms with Crippen molar-refractivity contribution >= 4 is 11.8 Å². The predicted octanol–water partition coefficient (Wildman–Crippen LogP) is 4.04. The predicted molar refractivity (Wildman–Crippen MR) is 82.0 cm³/mol. The van der Waals surface area contributed by atoms with Gasteiger partial charge in [0.15, 0.2) is 0 Å². The average molecular weight is 269 g/mol. The molecule has 0 N–H and O–H groups in total. The van der Waals surface area contributed by atoms with Crippen molar-refractivity contribution in [3.8, 4) is 0 Å². The normalized spacial score (nSPS) is 17.7. The van der Waals surface area contributed by atoms with Crippen molar-refractivity contribution in [2.75, 3.05) is 20.6 Å². The summed E-state index contributed by atoms with van der Waals surface area (Å²) in [6, 6.07) is 17.7. The lowest BCUT2D eigenvalue weighted by molar-refractivity contribution is 0.369. The van der Waals surface area contributed by atoms with Crippen LogP contribution in [0.15, 0.2) is 58.3 Å². The van der Waals surface area contributed by atoms with Crippen LogP contribution in [-0.4, -0.2) is 25.5 Å². The molecule has 0 saturated heterocycles. The first-order valence-electron chi connectivity index (χ1n) is 6.73. The molecule has 0 saturated carbocycles. The molecule has 1 aliphatic heterocycles. The van der Waals surface area contributed by atoms with Crippen LogP contribution in [0.1, 0.15) is 17.0 Å². The summed E-state index contributed by atoms with van der Waals surface area (Å²) in [5, 5.41) is 0. The van der Waals surface area contributed by atoms with Crippen LogP contribution < -0.4 is 0 Å². The van der Waals surface area contributed by atoms with Gasteiger partial charge in [-0.1, -0.05) is 48.2 Å². The zero-order chi connectivity index (χ0) is 13.2. The van der Waals surface area contributed by atoms with E-state index in [1.165, 1.54) is 20.9 Å². The van der Waals surface area contributed by atoms with Crippen molar-refractivity contribution in [1.29, 1.82) is 0 Å². The van der Waals surface area contributed by atoms with Crippen LogP contribution >= 0.6 is 11.8 Å². The van der Waals surface area contributed by atoms with Crippen molar-refractivity contribution in [1.82, 2.24) is 4.90 Å². The van der Waals surface area contributed by atoms with Gasteiger partial charge in [-0.15, -0.1) is 0 Å². The van der Waals surface area contributed by atoms with Gasteiger partial charge in [0.2, 0.25) is 0 Å². The number of rotatable bonds is 2. The second kappa shape index (κ2) is 5.40. The van der Waals surface area contributed by atoms with E-state index in [-0.39, 0.29) is 0 Å². The molecule has 2 aromatic carbocycles. The smallest absolute Gasteiger partial charge is 0.0157 e. The summed E-state index contributed by atoms with van der Waals surface area (Å²) in [5.74, 6) is 0.586. The topological polar surface area (TPSA) is 3.24 Å². The Labute approximate surface area is 119 Å². The number of benzene rings is 2. The maximum Gasteiger partial charge on any atom is 0.0157 e. The van der Waals surface area contributed by atoms with Gasteiger partial charge in [-0.3, -0.25) is 0 Å². The Kier molecular flexibility index (Phi) is 3.63. The van der Waals surface area contributed by atoms with Crippen molar-refractivity contribution in [2.24, 2.45) is 0 Å². The fraction of sp³-hybridized carbons (Fsp3) is 0.294. The van der Waals surface area contributed by atoms with Crippen molar-refractivity contribution < 1.29 is 0 Å². The maximum atomic E-state index is 2.29. The summed E-state index contributed by atoms with van der Waals surface area (Å²) in [4.78, 5) is 5.12. The minimum atomic E-state index is 0.586. The van der Waals surface area contributed by atoms with E-state index < -0.39 is 0 Å². The second-order valence-corrected chi connectivity index (χ2v) is 6.49. The van der Waals surface area contributed by atoms with Crippen LogP contribution in [0.25, 0.3) is 0 Å². The third kappa shape index (κ3) is 2.70. The van der Waals surface area contributed by atoms with E-state index in [9.17, 15) is 0 Å². The van der Waals surface area contributed by atoms with Crippen LogP contribution in [0, 0.1) is 0 Å². The van der Waals surface area contributed by atoms with Crippen LogP contribution in [0.3, 0.4) is 0 Å². The quantitative estimate of drug-likeness (QED) is 0.809. The maximum absolute atomic E-state index is 2.29. The Bertz CT molecular complexity index is 577. The number of likely N-dealkylation sites (N-methyl/N-ethyl adjacent to an activating group) is 1. The van der Waals surface area contributed by atoms with Gasteiger partial charge in [0.1, 0.15) is 0 Å². The van der Waals surface area contributed by atoms with E-state index in [2.05, 4.69) is 67.5 Å². The van der Waals surface area contributed by atoms with Crippen LogP contribution in [-0.2, 0) is 6.42 Å². The van der Waals surface area contributed by atoms with Crippen molar-refractivity contribution in [2.45, 2.75) is 22.1 Å². The molecule has 0 fully saturated rings. The lowest BCUT2D eigenvalue weighted by Gasteiger charge is -2.21. The Morgan fingerprint density at radius 3 is 2.47 bits per heavy atom. The van der Waals surface area contributed by atoms with Gasteiger partial charge in [0.05, 0.1) is 0 Å². The van der Waals surface area contributed by atoms with Gasteiger partial charge in [-0.05, 0) is 43.8 Å². The van der Waals surface area contributed by atoms with Gasteiger partial charge in [-0.2, -0.15) is 0 Å². The minimum Gasteiger partial charge on any atom is -0.309 e. The third-order valence-corrected chi connectivity index (χ3v) is 4.81. The average Bonchev–Trinajstić information content (AvgIpc) is 2.55. The first-order valence-corrected chi connectivity index (χ1v) is 7.55. The Morgan fingerprint density at radius 2 is 1.68 bits per heavy atom. The van der Waals surface area contributed by atoms with Gasteiger partial charge in [0.25, 0.3) is 0 Å². The van der Waals surface area contributed by atoms with Crippen molar-refractivity contribution in [3.05, 3.63) is 59.7 Å². The summed E-state index contributed by atoms with van der Waals surface area (Å²) in [5.41, 5.74) is 2.98. The summed E-state index contributed by atoms with van der Waals surface area (Å²) in [6.45, 7) is 1.10. The highest BCUT2D eigenvalue weighted by atomic mass is 32.2. The fourth-order valence-electron chi connectivity index (χ4n) is 2.78. The second-order valence-electron chi connectivity index (χ2n) is 5.41. The Balaban J connectivity index is 2.06. The highest BCUT2D eigenvalue weighted by Crippen LogP contribution is 2.41. The molecule has 0 aromatic heterocycles. The molecule has 0 radical (unpaired) electrons. The van der Waals surface area contributed by atoms with Gasteiger partial charge >= 0.3 is 0 Å². The molecule has 1 heterocycles. The largest absolute Gasteiger partial charge is 0.309 e. The monoisotopic (exact) mass is 269 g/mol. The van der Waals surface area contributed by atoms with Gasteiger partial charge in [0, 0.05) is 22.3 Å². The van der Waals surface area contributed by atoms with E-state index in [1.807, 2.05) is 11.8 Å². The molecule has 0 spiro atoms. The summed E-state index contributed by atoms with van der Waals surface area (Å²) in [6.07, 6.45) is 1.14. The standard InChI is InChI=1S/C17H19NS/c1-18(2)12-14-11-13-7-3-5-9-16(13)19-17-10-6-4-8-15(14)17/h3-10,14H,11-12H2,1-2H3. The zero-order valence-electron chi connectivity index (χ0n) is 11.5. The first kappa shape index (κ1) is 12.8. The van der Waals surface area contributed by atoms with Gasteiger partial charge in [-0.25, -0.2) is 0 Å². The van der Waals surface area contributed by atoms with E-state index in [4.69, 9.17) is 0 Å². The molecule has 0 aliphatic carbocycles. The molecule has 2 heteroatoms. The number of hydrogen-bond donors (Lipinski definition) is 0. The van der Waals surface area contributed by atoms with E-state index in [1.54, 1.807) is 0 Å². The highest BCUT2D eigenvalue weighted by Gasteiger charge is 2.22. The van der Waals surface area contributed by atoms with E-state index >= 15 is 0 Å². The Morgan fingerprint density at radius 1 is 1.00 bits per heavy atom. The molecular weight excluding hydrogens is 250 g/mol. The molecule has 98 valence electrons. The molecule has 3 rings (SSSR count). The summed E-state index contributed by atoms with van der Waals surface area (Å²) in [7, 11) is 4.32. The summed E-state index contributed by atoms with van der Waals surface area (Å²) < 4.78 is 0. The lowest BCUT2D eigenvalue weighted by Crippen LogP contribution is -2.21. The molecular formula is C17H19NS. The number of hydrogen-bond acceptors (Lipinski definition) is 2. The molecule has 1 aliphatic rings.